The molecular formula is C12H22N4O2. The Morgan fingerprint density at radius 2 is 2.06 bits per heavy atom. The molecule has 1 atom stereocenters. The van der Waals surface area contributed by atoms with Gasteiger partial charge in [0.25, 0.3) is 0 Å². The molecule has 0 spiro atoms. The lowest BCUT2D eigenvalue weighted by molar-refractivity contribution is -0.124. The van der Waals surface area contributed by atoms with Crippen molar-refractivity contribution in [1.29, 1.82) is 0 Å². The maximum absolute atomic E-state index is 11.7. The third-order valence-electron chi connectivity index (χ3n) is 2.78. The predicted octanol–water partition coefficient (Wildman–Crippen LogP) is 0.802. The second-order valence-corrected chi connectivity index (χ2v) is 4.88. The summed E-state index contributed by atoms with van der Waals surface area (Å²) in [6, 6.07) is -0.138. The lowest BCUT2D eigenvalue weighted by Crippen LogP contribution is -2.42. The smallest absolute Gasteiger partial charge is 0.237 e. The van der Waals surface area contributed by atoms with Gasteiger partial charge in [0.05, 0.1) is 6.04 Å². The van der Waals surface area contributed by atoms with Gasteiger partial charge >= 0.3 is 0 Å². The maximum Gasteiger partial charge on any atom is 0.237 e. The molecule has 0 fully saturated rings. The first kappa shape index (κ1) is 14.6. The number of rotatable bonds is 6. The van der Waals surface area contributed by atoms with E-state index < -0.39 is 0 Å². The van der Waals surface area contributed by atoms with E-state index in [1.54, 1.807) is 0 Å². The molecule has 1 N–H and O–H groups in total. The van der Waals surface area contributed by atoms with E-state index >= 15 is 0 Å². The molecule has 0 saturated heterocycles. The first-order valence-corrected chi connectivity index (χ1v) is 6.18. The van der Waals surface area contributed by atoms with Crippen LogP contribution in [0, 0.1) is 0 Å². The Kier molecular flexibility index (Phi) is 5.27. The standard InChI is InChI=1S/C12H22N4O2/c1-8(2)12-14-10(15-18-12)6-7-13-11(17)9(3)16(4)5/h8-9H,6-7H2,1-5H3,(H,13,17)/t9-/m0/s1. The Bertz CT molecular complexity index is 387. The van der Waals surface area contributed by atoms with Crippen molar-refractivity contribution in [1.82, 2.24) is 20.4 Å². The van der Waals surface area contributed by atoms with Gasteiger partial charge in [0.1, 0.15) is 0 Å². The molecule has 0 radical (unpaired) electrons. The van der Waals surface area contributed by atoms with Crippen LogP contribution in [0.5, 0.6) is 0 Å². The molecule has 1 heterocycles. The Hall–Kier alpha value is -1.43. The molecule has 102 valence electrons. The van der Waals surface area contributed by atoms with E-state index in [4.69, 9.17) is 4.52 Å². The Labute approximate surface area is 108 Å². The van der Waals surface area contributed by atoms with Crippen LogP contribution in [0.2, 0.25) is 0 Å². The minimum absolute atomic E-state index is 0.00702. The molecule has 0 unspecified atom stereocenters. The molecule has 18 heavy (non-hydrogen) atoms. The Balaban J connectivity index is 2.35. The zero-order valence-corrected chi connectivity index (χ0v) is 11.7. The summed E-state index contributed by atoms with van der Waals surface area (Å²) in [5, 5.41) is 6.71. The highest BCUT2D eigenvalue weighted by atomic mass is 16.5. The number of aromatic nitrogens is 2. The van der Waals surface area contributed by atoms with Crippen molar-refractivity contribution in [3.8, 4) is 0 Å². The topological polar surface area (TPSA) is 71.3 Å². The molecule has 0 saturated carbocycles. The zero-order valence-electron chi connectivity index (χ0n) is 11.7. The first-order chi connectivity index (χ1) is 8.41. The van der Waals surface area contributed by atoms with Gasteiger partial charge in [-0.1, -0.05) is 19.0 Å². The molecule has 1 aromatic heterocycles. The molecule has 0 bridgehead atoms. The van der Waals surface area contributed by atoms with Gasteiger partial charge in [0, 0.05) is 18.9 Å². The summed E-state index contributed by atoms with van der Waals surface area (Å²) < 4.78 is 5.09. The zero-order chi connectivity index (χ0) is 13.7. The molecule has 1 rings (SSSR count). The van der Waals surface area contributed by atoms with Crippen molar-refractivity contribution >= 4 is 5.91 Å². The molecule has 6 heteroatoms. The highest BCUT2D eigenvalue weighted by Crippen LogP contribution is 2.10. The number of hydrogen-bond donors (Lipinski definition) is 1. The van der Waals surface area contributed by atoms with E-state index in [0.29, 0.717) is 24.7 Å². The van der Waals surface area contributed by atoms with Crippen molar-refractivity contribution in [2.45, 2.75) is 39.2 Å². The normalized spacial score (nSPS) is 13.1. The maximum atomic E-state index is 11.7. The number of nitrogens with zero attached hydrogens (tertiary/aromatic N) is 3. The molecule has 0 aromatic carbocycles. The van der Waals surface area contributed by atoms with Crippen LogP contribution in [0.4, 0.5) is 0 Å². The van der Waals surface area contributed by atoms with Gasteiger partial charge in [-0.15, -0.1) is 0 Å². The van der Waals surface area contributed by atoms with Gasteiger partial charge in [-0.2, -0.15) is 4.98 Å². The number of hydrogen-bond acceptors (Lipinski definition) is 5. The number of likely N-dealkylation sites (N-methyl/N-ethyl adjacent to an activating group) is 1. The van der Waals surface area contributed by atoms with E-state index in [2.05, 4.69) is 15.5 Å². The molecule has 6 nitrogen and oxygen atoms in total. The summed E-state index contributed by atoms with van der Waals surface area (Å²) >= 11 is 0. The third-order valence-corrected chi connectivity index (χ3v) is 2.78. The van der Waals surface area contributed by atoms with Gasteiger partial charge in [0.2, 0.25) is 11.8 Å². The summed E-state index contributed by atoms with van der Waals surface area (Å²) in [5.41, 5.74) is 0. The average molecular weight is 254 g/mol. The van der Waals surface area contributed by atoms with Crippen LogP contribution in [0.15, 0.2) is 4.52 Å². The van der Waals surface area contributed by atoms with Crippen molar-refractivity contribution < 1.29 is 9.32 Å². The number of carbonyl (C=O) groups excluding carboxylic acids is 1. The van der Waals surface area contributed by atoms with Gasteiger partial charge in [-0.25, -0.2) is 0 Å². The number of amides is 1. The quantitative estimate of drug-likeness (QED) is 0.813. The fraction of sp³-hybridized carbons (Fsp3) is 0.750. The molecule has 0 aliphatic heterocycles. The van der Waals surface area contributed by atoms with E-state index in [9.17, 15) is 4.79 Å². The van der Waals surface area contributed by atoms with E-state index in [1.807, 2.05) is 39.8 Å². The van der Waals surface area contributed by atoms with Crippen LogP contribution in [-0.4, -0.2) is 47.6 Å². The van der Waals surface area contributed by atoms with Crippen molar-refractivity contribution in [3.63, 3.8) is 0 Å². The average Bonchev–Trinajstić information content (AvgIpc) is 2.76. The summed E-state index contributed by atoms with van der Waals surface area (Å²) in [4.78, 5) is 17.8. The lowest BCUT2D eigenvalue weighted by Gasteiger charge is -2.18. The van der Waals surface area contributed by atoms with Gasteiger partial charge in [-0.3, -0.25) is 9.69 Å². The van der Waals surface area contributed by atoms with Crippen LogP contribution >= 0.6 is 0 Å². The van der Waals surface area contributed by atoms with Gasteiger partial charge < -0.3 is 9.84 Å². The van der Waals surface area contributed by atoms with Crippen LogP contribution in [0.3, 0.4) is 0 Å². The summed E-state index contributed by atoms with van der Waals surface area (Å²) in [6.07, 6.45) is 0.585. The largest absolute Gasteiger partial charge is 0.354 e. The fourth-order valence-corrected chi connectivity index (χ4v) is 1.28. The minimum atomic E-state index is -0.138. The SMILES string of the molecule is CC(C)c1nc(CCNC(=O)[C@H](C)N(C)C)no1. The molecular weight excluding hydrogens is 232 g/mol. The highest BCUT2D eigenvalue weighted by molar-refractivity contribution is 5.81. The second-order valence-electron chi connectivity index (χ2n) is 4.88. The van der Waals surface area contributed by atoms with Crippen molar-refractivity contribution in [3.05, 3.63) is 11.7 Å². The highest BCUT2D eigenvalue weighted by Gasteiger charge is 2.14. The summed E-state index contributed by atoms with van der Waals surface area (Å²) in [5.74, 6) is 1.51. The molecule has 1 amide bonds. The first-order valence-electron chi connectivity index (χ1n) is 6.18. The number of nitrogens with one attached hydrogen (secondary N) is 1. The van der Waals surface area contributed by atoms with Crippen LogP contribution in [0.1, 0.15) is 38.4 Å². The summed E-state index contributed by atoms with van der Waals surface area (Å²) in [7, 11) is 3.75. The second kappa shape index (κ2) is 6.49. The minimum Gasteiger partial charge on any atom is -0.354 e. The van der Waals surface area contributed by atoms with Gasteiger partial charge in [0.15, 0.2) is 5.82 Å². The predicted molar refractivity (Wildman–Crippen MR) is 68.2 cm³/mol. The monoisotopic (exact) mass is 254 g/mol. The summed E-state index contributed by atoms with van der Waals surface area (Å²) in [6.45, 7) is 6.38. The fourth-order valence-electron chi connectivity index (χ4n) is 1.28. The van der Waals surface area contributed by atoms with Crippen LogP contribution in [0.25, 0.3) is 0 Å². The number of carbonyl (C=O) groups is 1. The van der Waals surface area contributed by atoms with Crippen molar-refractivity contribution in [2.24, 2.45) is 0 Å². The van der Waals surface area contributed by atoms with E-state index in [-0.39, 0.29) is 17.9 Å². The van der Waals surface area contributed by atoms with Crippen LogP contribution < -0.4 is 5.32 Å². The molecule has 1 aromatic rings. The van der Waals surface area contributed by atoms with E-state index in [1.165, 1.54) is 0 Å². The van der Waals surface area contributed by atoms with E-state index in [0.717, 1.165) is 0 Å². The Morgan fingerprint density at radius 3 is 2.56 bits per heavy atom. The third kappa shape index (κ3) is 4.10. The lowest BCUT2D eigenvalue weighted by atomic mass is 10.2. The molecule has 0 aliphatic carbocycles. The Morgan fingerprint density at radius 1 is 1.39 bits per heavy atom. The van der Waals surface area contributed by atoms with Crippen LogP contribution in [-0.2, 0) is 11.2 Å². The van der Waals surface area contributed by atoms with Gasteiger partial charge in [-0.05, 0) is 21.0 Å². The molecule has 0 aliphatic rings. The van der Waals surface area contributed by atoms with Crippen molar-refractivity contribution in [2.75, 3.05) is 20.6 Å².